The lowest BCUT2D eigenvalue weighted by Crippen LogP contribution is -2.29. The quantitative estimate of drug-likeness (QED) is 0.312. The molecule has 2 aromatic carbocycles. The maximum Gasteiger partial charge on any atom is 0.259 e. The molecule has 1 saturated heterocycles. The molecule has 1 aliphatic heterocycles. The number of aromatic nitrogens is 5. The maximum absolute atomic E-state index is 13.5. The second-order valence-corrected chi connectivity index (χ2v) is 10.2. The van der Waals surface area contributed by atoms with Crippen LogP contribution in [0.1, 0.15) is 29.9 Å². The Bertz CT molecular complexity index is 1710. The van der Waals surface area contributed by atoms with E-state index >= 15 is 0 Å². The normalized spacial score (nSPS) is 14.1. The molecule has 4 heterocycles. The summed E-state index contributed by atoms with van der Waals surface area (Å²) < 4.78 is 13.0. The van der Waals surface area contributed by atoms with E-state index in [2.05, 4.69) is 25.5 Å². The van der Waals surface area contributed by atoms with Crippen molar-refractivity contribution in [2.75, 3.05) is 18.5 Å². The van der Waals surface area contributed by atoms with Crippen molar-refractivity contribution >= 4 is 28.6 Å². The Morgan fingerprint density at radius 1 is 1.05 bits per heavy atom. The molecule has 0 atom stereocenters. The Labute approximate surface area is 229 Å². The van der Waals surface area contributed by atoms with Gasteiger partial charge in [0, 0.05) is 54.0 Å². The Hall–Kier alpha value is -4.08. The second-order valence-electron chi connectivity index (χ2n) is 9.76. The zero-order valence-electron chi connectivity index (χ0n) is 21.6. The van der Waals surface area contributed by atoms with Crippen LogP contribution in [0.15, 0.2) is 63.9 Å². The molecule has 1 aliphatic rings. The fourth-order valence-electron chi connectivity index (χ4n) is 4.80. The van der Waals surface area contributed by atoms with Gasteiger partial charge < -0.3 is 14.5 Å². The first-order chi connectivity index (χ1) is 18.9. The summed E-state index contributed by atoms with van der Waals surface area (Å²) in [5.41, 5.74) is 4.48. The summed E-state index contributed by atoms with van der Waals surface area (Å²) in [4.78, 5) is 22.7. The minimum atomic E-state index is -0.146. The molecule has 0 aliphatic carbocycles. The van der Waals surface area contributed by atoms with Gasteiger partial charge in [0.25, 0.3) is 5.56 Å². The molecule has 10 heteroatoms. The highest BCUT2D eigenvalue weighted by atomic mass is 35.5. The van der Waals surface area contributed by atoms with Gasteiger partial charge in [0.1, 0.15) is 5.65 Å². The zero-order chi connectivity index (χ0) is 26.9. The van der Waals surface area contributed by atoms with Crippen LogP contribution < -0.4 is 10.9 Å². The van der Waals surface area contributed by atoms with Crippen molar-refractivity contribution in [3.8, 4) is 22.6 Å². The van der Waals surface area contributed by atoms with Crippen LogP contribution in [0.5, 0.6) is 0 Å². The summed E-state index contributed by atoms with van der Waals surface area (Å²) in [6.45, 7) is 3.41. The lowest BCUT2D eigenvalue weighted by atomic mass is 9.98. The number of hydrogen-bond donors (Lipinski definition) is 1. The lowest BCUT2D eigenvalue weighted by Gasteiger charge is -2.23. The van der Waals surface area contributed by atoms with Gasteiger partial charge in [-0.3, -0.25) is 9.36 Å². The number of fused-ring (bicyclic) bond motifs is 1. The van der Waals surface area contributed by atoms with E-state index in [1.807, 2.05) is 55.5 Å². The van der Waals surface area contributed by atoms with Gasteiger partial charge in [-0.2, -0.15) is 4.98 Å². The lowest BCUT2D eigenvalue weighted by molar-refractivity contribution is 0.0903. The van der Waals surface area contributed by atoms with Crippen LogP contribution in [0.25, 0.3) is 33.6 Å². The van der Waals surface area contributed by atoms with Crippen LogP contribution in [-0.2, 0) is 18.2 Å². The third-order valence-corrected chi connectivity index (χ3v) is 7.27. The van der Waals surface area contributed by atoms with E-state index in [4.69, 9.17) is 20.8 Å². The Balaban J connectivity index is 1.31. The first-order valence-corrected chi connectivity index (χ1v) is 13.2. The van der Waals surface area contributed by atoms with E-state index in [0.29, 0.717) is 40.4 Å². The van der Waals surface area contributed by atoms with Gasteiger partial charge in [-0.05, 0) is 66.8 Å². The molecule has 0 spiro atoms. The molecule has 1 fully saturated rings. The summed E-state index contributed by atoms with van der Waals surface area (Å²) >= 11 is 5.98. The largest absolute Gasteiger partial charge is 0.420 e. The summed E-state index contributed by atoms with van der Waals surface area (Å²) in [7, 11) is 1.74. The van der Waals surface area contributed by atoms with Gasteiger partial charge in [0.05, 0.1) is 6.42 Å². The smallest absolute Gasteiger partial charge is 0.259 e. The molecule has 3 aromatic heterocycles. The molecule has 198 valence electrons. The SMILES string of the molecule is Cc1ccc(-c2nnc(Cc3ccc(Cl)cc3)o2)cc1-c1cc2cnc(NC3CCOCC3)nc2n(C)c1=O. The van der Waals surface area contributed by atoms with Gasteiger partial charge in [-0.15, -0.1) is 10.2 Å². The van der Waals surface area contributed by atoms with Crippen molar-refractivity contribution in [1.82, 2.24) is 24.7 Å². The number of benzene rings is 2. The van der Waals surface area contributed by atoms with Gasteiger partial charge in [0.15, 0.2) is 0 Å². The first kappa shape index (κ1) is 25.2. The average molecular weight is 543 g/mol. The average Bonchev–Trinajstić information content (AvgIpc) is 3.42. The number of rotatable bonds is 6. The number of pyridine rings is 1. The van der Waals surface area contributed by atoms with Gasteiger partial charge >= 0.3 is 0 Å². The van der Waals surface area contributed by atoms with Crippen molar-refractivity contribution in [2.24, 2.45) is 7.05 Å². The van der Waals surface area contributed by atoms with Crippen LogP contribution in [0.2, 0.25) is 5.02 Å². The van der Waals surface area contributed by atoms with Gasteiger partial charge in [-0.25, -0.2) is 4.98 Å². The maximum atomic E-state index is 13.5. The van der Waals surface area contributed by atoms with Gasteiger partial charge in [-0.1, -0.05) is 29.8 Å². The van der Waals surface area contributed by atoms with Crippen LogP contribution in [0.3, 0.4) is 0 Å². The number of nitrogens with one attached hydrogen (secondary N) is 1. The van der Waals surface area contributed by atoms with Crippen molar-refractivity contribution < 1.29 is 9.15 Å². The van der Waals surface area contributed by atoms with E-state index in [9.17, 15) is 4.79 Å². The molecular formula is C29H27ClN6O3. The van der Waals surface area contributed by atoms with Crippen molar-refractivity contribution in [2.45, 2.75) is 32.2 Å². The highest BCUT2D eigenvalue weighted by molar-refractivity contribution is 6.30. The van der Waals surface area contributed by atoms with Crippen LogP contribution in [-0.4, -0.2) is 44.0 Å². The van der Waals surface area contributed by atoms with Crippen molar-refractivity contribution in [1.29, 1.82) is 0 Å². The summed E-state index contributed by atoms with van der Waals surface area (Å²) in [6, 6.07) is 15.4. The van der Waals surface area contributed by atoms with E-state index in [-0.39, 0.29) is 11.6 Å². The Morgan fingerprint density at radius 2 is 1.85 bits per heavy atom. The summed E-state index contributed by atoms with van der Waals surface area (Å²) in [6.07, 6.45) is 4.06. The van der Waals surface area contributed by atoms with E-state index in [1.54, 1.807) is 17.8 Å². The van der Waals surface area contributed by atoms with Crippen LogP contribution in [0, 0.1) is 6.92 Å². The molecular weight excluding hydrogens is 516 g/mol. The van der Waals surface area contributed by atoms with Gasteiger partial charge in [0.2, 0.25) is 17.7 Å². The van der Waals surface area contributed by atoms with E-state index in [1.165, 1.54) is 0 Å². The molecule has 0 saturated carbocycles. The molecule has 1 N–H and O–H groups in total. The predicted molar refractivity (Wildman–Crippen MR) is 150 cm³/mol. The third-order valence-electron chi connectivity index (χ3n) is 7.01. The predicted octanol–water partition coefficient (Wildman–Crippen LogP) is 5.19. The number of halogens is 1. The number of nitrogens with zero attached hydrogens (tertiary/aromatic N) is 5. The molecule has 0 unspecified atom stereocenters. The summed E-state index contributed by atoms with van der Waals surface area (Å²) in [5, 5.41) is 13.3. The number of anilines is 1. The number of ether oxygens (including phenoxy) is 1. The standard InChI is InChI=1S/C29H27ClN6O3/c1-17-3-6-19(27-35-34-25(39-27)13-18-4-7-21(30)8-5-18)14-23(17)24-15-20-16-31-29(32-22-9-11-38-12-10-22)33-26(20)36(2)28(24)37/h3-8,14-16,22H,9-13H2,1-2H3,(H,31,32,33). The fraction of sp³-hybridized carbons (Fsp3) is 0.276. The number of aryl methyl sites for hydroxylation is 2. The van der Waals surface area contributed by atoms with Crippen LogP contribution >= 0.6 is 11.6 Å². The Morgan fingerprint density at radius 3 is 2.64 bits per heavy atom. The highest BCUT2D eigenvalue weighted by Gasteiger charge is 2.18. The van der Waals surface area contributed by atoms with E-state index < -0.39 is 0 Å². The first-order valence-electron chi connectivity index (χ1n) is 12.8. The topological polar surface area (TPSA) is 108 Å². The molecule has 6 rings (SSSR count). The molecule has 9 nitrogen and oxygen atoms in total. The van der Waals surface area contributed by atoms with E-state index in [0.717, 1.165) is 53.7 Å². The fourth-order valence-corrected chi connectivity index (χ4v) is 4.92. The molecule has 0 bridgehead atoms. The third kappa shape index (κ3) is 5.28. The molecule has 5 aromatic rings. The minimum Gasteiger partial charge on any atom is -0.420 e. The van der Waals surface area contributed by atoms with Crippen LogP contribution in [0.4, 0.5) is 5.95 Å². The Kier molecular flexibility index (Phi) is 6.85. The van der Waals surface area contributed by atoms with Crippen molar-refractivity contribution in [3.63, 3.8) is 0 Å². The summed E-state index contributed by atoms with van der Waals surface area (Å²) in [5.74, 6) is 1.41. The minimum absolute atomic E-state index is 0.146. The number of hydrogen-bond acceptors (Lipinski definition) is 8. The monoisotopic (exact) mass is 542 g/mol. The highest BCUT2D eigenvalue weighted by Crippen LogP contribution is 2.29. The van der Waals surface area contributed by atoms with Crippen molar-refractivity contribution in [3.05, 3.63) is 87.1 Å². The molecule has 39 heavy (non-hydrogen) atoms. The zero-order valence-corrected chi connectivity index (χ0v) is 22.4. The second kappa shape index (κ2) is 10.6. The molecule has 0 radical (unpaired) electrons. The molecule has 0 amide bonds.